The van der Waals surface area contributed by atoms with E-state index in [-0.39, 0.29) is 0 Å². The number of nitrogens with two attached hydrogens (primary N) is 1. The quantitative estimate of drug-likeness (QED) is 0.457. The molecule has 56 valence electrons. The van der Waals surface area contributed by atoms with Crippen molar-refractivity contribution in [3.8, 4) is 12.3 Å². The van der Waals surface area contributed by atoms with Gasteiger partial charge in [-0.3, -0.25) is 0 Å². The van der Waals surface area contributed by atoms with Gasteiger partial charge < -0.3 is 5.73 Å². The van der Waals surface area contributed by atoms with Crippen LogP contribution in [0, 0.1) is 12.3 Å². The number of rotatable bonds is 2. The Morgan fingerprint density at radius 2 is 2.20 bits per heavy atom. The molecule has 0 atom stereocenters. The minimum absolute atomic E-state index is 0.542. The predicted octanol–water partition coefficient (Wildman–Crippen LogP) is 2.06. The molecule has 0 aliphatic heterocycles. The minimum Gasteiger partial charge on any atom is -0.399 e. The standard InChI is InChI=1S/C7H9N.C2H6/c1-3-4-5-6-7(2)8;1-2/h1,5-6H,2,4,8H2;1-2H3/b6-5-;. The van der Waals surface area contributed by atoms with Gasteiger partial charge in [0.2, 0.25) is 0 Å². The Morgan fingerprint density at radius 3 is 2.50 bits per heavy atom. The van der Waals surface area contributed by atoms with Crippen molar-refractivity contribution in [1.29, 1.82) is 0 Å². The van der Waals surface area contributed by atoms with Crippen molar-refractivity contribution in [1.82, 2.24) is 0 Å². The Kier molecular flexibility index (Phi) is 12.5. The predicted molar refractivity (Wildman–Crippen MR) is 47.3 cm³/mol. The van der Waals surface area contributed by atoms with Gasteiger partial charge in [0, 0.05) is 12.1 Å². The van der Waals surface area contributed by atoms with E-state index in [1.807, 2.05) is 13.8 Å². The summed E-state index contributed by atoms with van der Waals surface area (Å²) in [4.78, 5) is 0. The van der Waals surface area contributed by atoms with Gasteiger partial charge in [-0.1, -0.05) is 26.5 Å². The maximum atomic E-state index is 5.18. The van der Waals surface area contributed by atoms with E-state index in [0.717, 1.165) is 0 Å². The third-order valence-electron chi connectivity index (χ3n) is 0.568. The van der Waals surface area contributed by atoms with Gasteiger partial charge in [-0.05, 0) is 6.08 Å². The molecular weight excluding hydrogens is 122 g/mol. The molecule has 0 fully saturated rings. The van der Waals surface area contributed by atoms with Crippen LogP contribution in [0.15, 0.2) is 24.4 Å². The molecule has 0 aromatic carbocycles. The molecule has 0 rings (SSSR count). The van der Waals surface area contributed by atoms with Crippen LogP contribution in [0.4, 0.5) is 0 Å². The lowest BCUT2D eigenvalue weighted by Crippen LogP contribution is -1.87. The molecule has 0 bridgehead atoms. The second kappa shape index (κ2) is 10.8. The first kappa shape index (κ1) is 11.6. The van der Waals surface area contributed by atoms with Crippen LogP contribution in [0.3, 0.4) is 0 Å². The first-order valence-corrected chi connectivity index (χ1v) is 3.31. The molecule has 0 saturated heterocycles. The minimum atomic E-state index is 0.542. The average molecular weight is 137 g/mol. The normalized spacial score (nSPS) is 7.70. The van der Waals surface area contributed by atoms with E-state index in [0.29, 0.717) is 12.1 Å². The van der Waals surface area contributed by atoms with E-state index in [1.165, 1.54) is 0 Å². The fourth-order valence-corrected chi connectivity index (χ4v) is 0.278. The first-order valence-electron chi connectivity index (χ1n) is 3.31. The van der Waals surface area contributed by atoms with Crippen molar-refractivity contribution in [3.63, 3.8) is 0 Å². The Balaban J connectivity index is 0. The summed E-state index contributed by atoms with van der Waals surface area (Å²) in [6, 6.07) is 0. The van der Waals surface area contributed by atoms with Crippen LogP contribution in [-0.4, -0.2) is 0 Å². The van der Waals surface area contributed by atoms with Gasteiger partial charge >= 0.3 is 0 Å². The largest absolute Gasteiger partial charge is 0.399 e. The molecule has 1 heteroatoms. The van der Waals surface area contributed by atoms with Crippen LogP contribution >= 0.6 is 0 Å². The van der Waals surface area contributed by atoms with E-state index >= 15 is 0 Å². The molecule has 0 aromatic rings. The molecule has 0 aromatic heterocycles. The van der Waals surface area contributed by atoms with Gasteiger partial charge in [-0.15, -0.1) is 12.3 Å². The Hall–Kier alpha value is -1.16. The summed E-state index contributed by atoms with van der Waals surface area (Å²) in [5.41, 5.74) is 5.73. The molecule has 0 spiro atoms. The topological polar surface area (TPSA) is 26.0 Å². The second-order valence-corrected chi connectivity index (χ2v) is 1.39. The van der Waals surface area contributed by atoms with Crippen LogP contribution in [0.25, 0.3) is 0 Å². The molecule has 0 saturated carbocycles. The Labute approximate surface area is 63.6 Å². The average Bonchev–Trinajstić information content (AvgIpc) is 1.92. The molecule has 10 heavy (non-hydrogen) atoms. The molecule has 1 nitrogen and oxygen atoms in total. The maximum absolute atomic E-state index is 5.18. The van der Waals surface area contributed by atoms with E-state index in [4.69, 9.17) is 12.2 Å². The maximum Gasteiger partial charge on any atom is 0.0270 e. The summed E-state index contributed by atoms with van der Waals surface area (Å²) in [5.74, 6) is 2.44. The summed E-state index contributed by atoms with van der Waals surface area (Å²) in [5, 5.41) is 0. The van der Waals surface area contributed by atoms with Crippen LogP contribution in [0.5, 0.6) is 0 Å². The van der Waals surface area contributed by atoms with Crippen LogP contribution in [0.1, 0.15) is 20.3 Å². The van der Waals surface area contributed by atoms with Gasteiger partial charge in [0.1, 0.15) is 0 Å². The van der Waals surface area contributed by atoms with Gasteiger partial charge in [0.25, 0.3) is 0 Å². The zero-order chi connectivity index (χ0) is 8.41. The van der Waals surface area contributed by atoms with Crippen LogP contribution in [0.2, 0.25) is 0 Å². The highest BCUT2D eigenvalue weighted by Gasteiger charge is 1.69. The van der Waals surface area contributed by atoms with E-state index in [1.54, 1.807) is 12.2 Å². The molecule has 0 unspecified atom stereocenters. The van der Waals surface area contributed by atoms with Gasteiger partial charge in [-0.2, -0.15) is 0 Å². The zero-order valence-electron chi connectivity index (χ0n) is 6.72. The summed E-state index contributed by atoms with van der Waals surface area (Å²) in [7, 11) is 0. The lowest BCUT2D eigenvalue weighted by Gasteiger charge is -1.81. The number of hydrogen-bond donors (Lipinski definition) is 1. The fourth-order valence-electron chi connectivity index (χ4n) is 0.278. The Morgan fingerprint density at radius 1 is 1.70 bits per heavy atom. The summed E-state index contributed by atoms with van der Waals surface area (Å²) in [6.45, 7) is 7.45. The lowest BCUT2D eigenvalue weighted by molar-refractivity contribution is 1.39. The highest BCUT2D eigenvalue weighted by molar-refractivity contribution is 5.11. The number of terminal acetylenes is 1. The molecule has 0 radical (unpaired) electrons. The van der Waals surface area contributed by atoms with Crippen molar-refractivity contribution in [3.05, 3.63) is 24.4 Å². The van der Waals surface area contributed by atoms with Crippen molar-refractivity contribution in [2.75, 3.05) is 0 Å². The summed E-state index contributed by atoms with van der Waals surface area (Å²) in [6.07, 6.45) is 9.05. The smallest absolute Gasteiger partial charge is 0.0270 e. The monoisotopic (exact) mass is 137 g/mol. The summed E-state index contributed by atoms with van der Waals surface area (Å²) >= 11 is 0. The highest BCUT2D eigenvalue weighted by Crippen LogP contribution is 1.83. The van der Waals surface area contributed by atoms with Crippen molar-refractivity contribution in [2.45, 2.75) is 20.3 Å². The SMILES string of the molecule is C#CC/C=C\C(=C)N.CC. The Bertz CT molecular complexity index is 137. The van der Waals surface area contributed by atoms with Gasteiger partial charge in [-0.25, -0.2) is 0 Å². The summed E-state index contributed by atoms with van der Waals surface area (Å²) < 4.78 is 0. The fraction of sp³-hybridized carbons (Fsp3) is 0.333. The van der Waals surface area contributed by atoms with Crippen LogP contribution < -0.4 is 5.73 Å². The lowest BCUT2D eigenvalue weighted by atomic mass is 10.3. The molecule has 0 heterocycles. The third-order valence-corrected chi connectivity index (χ3v) is 0.568. The van der Waals surface area contributed by atoms with Crippen molar-refractivity contribution < 1.29 is 0 Å². The van der Waals surface area contributed by atoms with Gasteiger partial charge in [0.05, 0.1) is 0 Å². The third kappa shape index (κ3) is 15.8. The van der Waals surface area contributed by atoms with Gasteiger partial charge in [0.15, 0.2) is 0 Å². The second-order valence-electron chi connectivity index (χ2n) is 1.39. The van der Waals surface area contributed by atoms with E-state index < -0.39 is 0 Å². The van der Waals surface area contributed by atoms with E-state index in [2.05, 4.69) is 12.5 Å². The van der Waals surface area contributed by atoms with E-state index in [9.17, 15) is 0 Å². The molecule has 0 aliphatic rings. The number of hydrogen-bond acceptors (Lipinski definition) is 1. The molecule has 2 N–H and O–H groups in total. The molecule has 0 aliphatic carbocycles. The molecule has 0 amide bonds. The van der Waals surface area contributed by atoms with Crippen molar-refractivity contribution in [2.24, 2.45) is 5.73 Å². The highest BCUT2D eigenvalue weighted by atomic mass is 14.5. The first-order chi connectivity index (χ1) is 4.77. The zero-order valence-corrected chi connectivity index (χ0v) is 6.72. The number of allylic oxidation sites excluding steroid dienone is 2. The van der Waals surface area contributed by atoms with Crippen LogP contribution in [-0.2, 0) is 0 Å². The van der Waals surface area contributed by atoms with Crippen molar-refractivity contribution >= 4 is 0 Å². The molecular formula is C9H15N.